The third kappa shape index (κ3) is 4.96. The Morgan fingerprint density at radius 3 is 3.04 bits per heavy atom. The SMILES string of the molecule is CCC1CCCCN1c1nccc(C(=O)NCCc2cccc(OC)c2)n1. The van der Waals surface area contributed by atoms with Crippen molar-refractivity contribution in [1.29, 1.82) is 0 Å². The standard InChI is InChI=1S/C21H28N4O2/c1-3-17-8-4-5-14-25(17)21-23-13-11-19(24-21)20(26)22-12-10-16-7-6-9-18(15-16)27-2/h6-7,9,11,13,15,17H,3-5,8,10,12,14H2,1-2H3,(H,22,26). The fourth-order valence-electron chi connectivity index (χ4n) is 3.54. The number of anilines is 1. The average Bonchev–Trinajstić information content (AvgIpc) is 2.74. The molecule has 3 rings (SSSR count). The Morgan fingerprint density at radius 1 is 1.33 bits per heavy atom. The lowest BCUT2D eigenvalue weighted by Gasteiger charge is -2.35. The van der Waals surface area contributed by atoms with Gasteiger partial charge in [0.1, 0.15) is 11.4 Å². The molecule has 6 heteroatoms. The zero-order chi connectivity index (χ0) is 19.1. The molecule has 27 heavy (non-hydrogen) atoms. The lowest BCUT2D eigenvalue weighted by molar-refractivity contribution is 0.0949. The smallest absolute Gasteiger partial charge is 0.270 e. The first-order chi connectivity index (χ1) is 13.2. The van der Waals surface area contributed by atoms with E-state index < -0.39 is 0 Å². The summed E-state index contributed by atoms with van der Waals surface area (Å²) in [6.07, 6.45) is 7.05. The van der Waals surface area contributed by atoms with E-state index in [0.717, 1.165) is 43.5 Å². The van der Waals surface area contributed by atoms with Crippen LogP contribution >= 0.6 is 0 Å². The van der Waals surface area contributed by atoms with Crippen LogP contribution in [0.25, 0.3) is 0 Å². The number of nitrogens with one attached hydrogen (secondary N) is 1. The van der Waals surface area contributed by atoms with E-state index in [0.29, 0.717) is 24.2 Å². The van der Waals surface area contributed by atoms with Crippen LogP contribution in [0.4, 0.5) is 5.95 Å². The number of ether oxygens (including phenoxy) is 1. The van der Waals surface area contributed by atoms with Crippen LogP contribution in [0.3, 0.4) is 0 Å². The van der Waals surface area contributed by atoms with Crippen molar-refractivity contribution in [2.24, 2.45) is 0 Å². The molecule has 1 amide bonds. The molecule has 1 aromatic heterocycles. The molecule has 2 aromatic rings. The number of rotatable bonds is 7. The van der Waals surface area contributed by atoms with Crippen LogP contribution in [0.15, 0.2) is 36.5 Å². The van der Waals surface area contributed by atoms with Gasteiger partial charge in [-0.2, -0.15) is 0 Å². The number of hydrogen-bond acceptors (Lipinski definition) is 5. The number of hydrogen-bond donors (Lipinski definition) is 1. The highest BCUT2D eigenvalue weighted by Gasteiger charge is 2.23. The number of nitrogens with zero attached hydrogens (tertiary/aromatic N) is 3. The largest absolute Gasteiger partial charge is 0.497 e. The molecule has 0 saturated carbocycles. The second-order valence-electron chi connectivity index (χ2n) is 6.85. The molecular weight excluding hydrogens is 340 g/mol. The van der Waals surface area contributed by atoms with E-state index in [9.17, 15) is 4.79 Å². The van der Waals surface area contributed by atoms with Gasteiger partial charge >= 0.3 is 0 Å². The second kappa shape index (κ2) is 9.35. The maximum atomic E-state index is 12.5. The number of methoxy groups -OCH3 is 1. The highest BCUT2D eigenvalue weighted by atomic mass is 16.5. The Bertz CT molecular complexity index is 765. The van der Waals surface area contributed by atoms with Crippen molar-refractivity contribution in [2.45, 2.75) is 45.1 Å². The van der Waals surface area contributed by atoms with E-state index in [-0.39, 0.29) is 5.91 Å². The first-order valence-corrected chi connectivity index (χ1v) is 9.72. The summed E-state index contributed by atoms with van der Waals surface area (Å²) in [7, 11) is 1.65. The van der Waals surface area contributed by atoms with E-state index in [2.05, 4.69) is 27.1 Å². The van der Waals surface area contributed by atoms with Crippen LogP contribution < -0.4 is 15.0 Å². The topological polar surface area (TPSA) is 67.4 Å². The average molecular weight is 368 g/mol. The summed E-state index contributed by atoms with van der Waals surface area (Å²) in [6.45, 7) is 3.70. The molecule has 144 valence electrons. The minimum absolute atomic E-state index is 0.161. The summed E-state index contributed by atoms with van der Waals surface area (Å²) in [5.74, 6) is 1.33. The van der Waals surface area contributed by atoms with E-state index in [4.69, 9.17) is 4.74 Å². The first kappa shape index (κ1) is 19.1. The molecular formula is C21H28N4O2. The zero-order valence-corrected chi connectivity index (χ0v) is 16.1. The van der Waals surface area contributed by atoms with E-state index >= 15 is 0 Å². The van der Waals surface area contributed by atoms with Crippen molar-refractivity contribution >= 4 is 11.9 Å². The summed E-state index contributed by atoms with van der Waals surface area (Å²) in [4.78, 5) is 23.7. The van der Waals surface area contributed by atoms with Crippen LogP contribution in [0.1, 0.15) is 48.7 Å². The maximum absolute atomic E-state index is 12.5. The van der Waals surface area contributed by atoms with Crippen LogP contribution in [0.5, 0.6) is 5.75 Å². The Labute approximate surface area is 161 Å². The predicted molar refractivity (Wildman–Crippen MR) is 106 cm³/mol. The number of aromatic nitrogens is 2. The Kier molecular flexibility index (Phi) is 6.63. The highest BCUT2D eigenvalue weighted by molar-refractivity contribution is 5.92. The van der Waals surface area contributed by atoms with Crippen molar-refractivity contribution in [3.8, 4) is 5.75 Å². The van der Waals surface area contributed by atoms with Gasteiger partial charge in [-0.3, -0.25) is 4.79 Å². The molecule has 1 N–H and O–H groups in total. The summed E-state index contributed by atoms with van der Waals surface area (Å²) in [5.41, 5.74) is 1.54. The fraction of sp³-hybridized carbons (Fsp3) is 0.476. The third-order valence-corrected chi connectivity index (χ3v) is 5.06. The Balaban J connectivity index is 1.59. The summed E-state index contributed by atoms with van der Waals surface area (Å²) < 4.78 is 5.23. The van der Waals surface area contributed by atoms with Crippen molar-refractivity contribution < 1.29 is 9.53 Å². The first-order valence-electron chi connectivity index (χ1n) is 9.72. The van der Waals surface area contributed by atoms with Gasteiger partial charge in [0.15, 0.2) is 0 Å². The van der Waals surface area contributed by atoms with Crippen molar-refractivity contribution in [3.05, 3.63) is 47.8 Å². The molecule has 1 aliphatic heterocycles. The zero-order valence-electron chi connectivity index (χ0n) is 16.1. The van der Waals surface area contributed by atoms with Crippen molar-refractivity contribution in [3.63, 3.8) is 0 Å². The van der Waals surface area contributed by atoms with Crippen molar-refractivity contribution in [2.75, 3.05) is 25.1 Å². The Morgan fingerprint density at radius 2 is 2.22 bits per heavy atom. The second-order valence-corrected chi connectivity index (χ2v) is 6.85. The normalized spacial score (nSPS) is 16.8. The third-order valence-electron chi connectivity index (χ3n) is 5.06. The molecule has 0 spiro atoms. The Hall–Kier alpha value is -2.63. The molecule has 2 heterocycles. The maximum Gasteiger partial charge on any atom is 0.270 e. The molecule has 0 bridgehead atoms. The molecule has 0 radical (unpaired) electrons. The van der Waals surface area contributed by atoms with Gasteiger partial charge in [0.2, 0.25) is 5.95 Å². The highest BCUT2D eigenvalue weighted by Crippen LogP contribution is 2.23. The minimum atomic E-state index is -0.161. The van der Waals surface area contributed by atoms with Gasteiger partial charge in [0.25, 0.3) is 5.91 Å². The lowest BCUT2D eigenvalue weighted by Crippen LogP contribution is -2.40. The van der Waals surface area contributed by atoms with Gasteiger partial charge in [-0.25, -0.2) is 9.97 Å². The summed E-state index contributed by atoms with van der Waals surface area (Å²) in [5, 5.41) is 2.95. The van der Waals surface area contributed by atoms with Gasteiger partial charge in [0.05, 0.1) is 7.11 Å². The molecule has 1 aromatic carbocycles. The number of piperidine rings is 1. The number of carbonyl (C=O) groups is 1. The summed E-state index contributed by atoms with van der Waals surface area (Å²) in [6, 6.07) is 10.0. The van der Waals surface area contributed by atoms with E-state index in [1.165, 1.54) is 6.42 Å². The molecule has 1 aliphatic rings. The van der Waals surface area contributed by atoms with Crippen molar-refractivity contribution in [1.82, 2.24) is 15.3 Å². The summed E-state index contributed by atoms with van der Waals surface area (Å²) >= 11 is 0. The number of benzene rings is 1. The monoisotopic (exact) mass is 368 g/mol. The van der Waals surface area contributed by atoms with Gasteiger partial charge in [-0.15, -0.1) is 0 Å². The molecule has 1 fully saturated rings. The molecule has 1 saturated heterocycles. The molecule has 6 nitrogen and oxygen atoms in total. The van der Waals surface area contributed by atoms with Gasteiger partial charge in [-0.1, -0.05) is 19.1 Å². The number of carbonyl (C=O) groups excluding carboxylic acids is 1. The minimum Gasteiger partial charge on any atom is -0.497 e. The van der Waals surface area contributed by atoms with Gasteiger partial charge in [-0.05, 0) is 55.9 Å². The van der Waals surface area contributed by atoms with Crippen LogP contribution in [-0.2, 0) is 6.42 Å². The number of amides is 1. The van der Waals surface area contributed by atoms with Gasteiger partial charge in [0, 0.05) is 25.3 Å². The molecule has 1 atom stereocenters. The van der Waals surface area contributed by atoms with E-state index in [1.54, 1.807) is 19.4 Å². The lowest BCUT2D eigenvalue weighted by atomic mass is 10.0. The van der Waals surface area contributed by atoms with Crippen LogP contribution in [0.2, 0.25) is 0 Å². The van der Waals surface area contributed by atoms with Crippen LogP contribution in [-0.4, -0.2) is 42.1 Å². The van der Waals surface area contributed by atoms with Gasteiger partial charge < -0.3 is 15.0 Å². The van der Waals surface area contributed by atoms with Crippen LogP contribution in [0, 0.1) is 0 Å². The quantitative estimate of drug-likeness (QED) is 0.813. The fourth-order valence-corrected chi connectivity index (χ4v) is 3.54. The molecule has 1 unspecified atom stereocenters. The van der Waals surface area contributed by atoms with E-state index in [1.807, 2.05) is 24.3 Å². The predicted octanol–water partition coefficient (Wildman–Crippen LogP) is 3.23. The molecule has 0 aliphatic carbocycles.